The van der Waals surface area contributed by atoms with Crippen molar-refractivity contribution in [3.8, 4) is 34.9 Å². The highest BCUT2D eigenvalue weighted by Crippen LogP contribution is 2.43. The first kappa shape index (κ1) is 37.3. The number of ether oxygens (including phenoxy) is 6. The van der Waals surface area contributed by atoms with Crippen molar-refractivity contribution in [1.29, 1.82) is 0 Å². The lowest BCUT2D eigenvalue weighted by Gasteiger charge is -2.24. The van der Waals surface area contributed by atoms with Crippen LogP contribution < -0.4 is 28.4 Å². The largest absolute Gasteiger partial charge is 0.487 e. The van der Waals surface area contributed by atoms with E-state index in [1.165, 1.54) is 0 Å². The lowest BCUT2D eigenvalue weighted by molar-refractivity contribution is 0.138. The number of pyridine rings is 2. The van der Waals surface area contributed by atoms with Crippen LogP contribution >= 0.6 is 0 Å². The maximum Gasteiger partial charge on any atom is 0.239 e. The van der Waals surface area contributed by atoms with Crippen LogP contribution in [0.1, 0.15) is 19.3 Å². The van der Waals surface area contributed by atoms with Crippen LogP contribution in [0, 0.1) is 0 Å². The van der Waals surface area contributed by atoms with Crippen molar-refractivity contribution in [3.63, 3.8) is 0 Å². The molecule has 0 aromatic carbocycles. The molecule has 16 heteroatoms. The van der Waals surface area contributed by atoms with Gasteiger partial charge in [-0.25, -0.2) is 15.0 Å². The Balaban J connectivity index is 0.860. The second kappa shape index (κ2) is 16.3. The average molecular weight is 781 g/mol. The van der Waals surface area contributed by atoms with Gasteiger partial charge in [0, 0.05) is 96.4 Å². The highest BCUT2D eigenvalue weighted by molar-refractivity contribution is 5.90. The molecule has 9 heterocycles. The fourth-order valence-electron chi connectivity index (χ4n) is 8.14. The first-order valence-corrected chi connectivity index (χ1v) is 20.0. The molecule has 6 aromatic heterocycles. The maximum absolute atomic E-state index is 6.83. The number of nitrogens with zero attached hydrogens (tertiary/aromatic N) is 10. The van der Waals surface area contributed by atoms with Crippen LogP contribution in [0.15, 0.2) is 49.3 Å². The summed E-state index contributed by atoms with van der Waals surface area (Å²) in [5.41, 5.74) is 2.76. The monoisotopic (exact) mass is 780 g/mol. The Labute approximate surface area is 331 Å². The zero-order valence-electron chi connectivity index (χ0n) is 33.3. The molecule has 0 spiro atoms. The van der Waals surface area contributed by atoms with Crippen LogP contribution in [0.4, 0.5) is 0 Å². The Morgan fingerprint density at radius 3 is 1.96 bits per heavy atom. The van der Waals surface area contributed by atoms with E-state index >= 15 is 0 Å². The standard InChI is InChI=1S/C41H52N10O6/c1-46(2)13-16-50-38-32(24-43-27-45-38)36-41(50)55-22-10-29(57-36)26-48(4)15-18-51-37-30(7-5-11-44-37)35-40(51)54-21-9-28(56-35)25-47(3)14-17-49-33-8-12-42-23-31(33)34-39(49)53-20-6-19-52-34/h5,7-8,11-12,23-24,27-29H,6,9-10,13-22,25-26H2,1-4H3. The molecular formula is C41H52N10O6. The molecule has 3 aliphatic rings. The lowest BCUT2D eigenvalue weighted by Crippen LogP contribution is -2.35. The fraction of sp³-hybridized carbons (Fsp3) is 0.512. The van der Waals surface area contributed by atoms with Crippen LogP contribution in [0.5, 0.6) is 34.9 Å². The van der Waals surface area contributed by atoms with Crippen molar-refractivity contribution in [2.24, 2.45) is 0 Å². The number of rotatable bonds is 13. The van der Waals surface area contributed by atoms with Gasteiger partial charge in [-0.15, -0.1) is 0 Å². The summed E-state index contributed by atoms with van der Waals surface area (Å²) >= 11 is 0. The zero-order chi connectivity index (χ0) is 38.9. The van der Waals surface area contributed by atoms with Crippen LogP contribution in [0.25, 0.3) is 33.0 Å². The van der Waals surface area contributed by atoms with Gasteiger partial charge in [-0.1, -0.05) is 0 Å². The smallest absolute Gasteiger partial charge is 0.239 e. The minimum absolute atomic E-state index is 0.0563. The molecule has 0 bridgehead atoms. The first-order valence-electron chi connectivity index (χ1n) is 20.0. The number of hydrogen-bond donors (Lipinski definition) is 0. The molecule has 0 radical (unpaired) electrons. The van der Waals surface area contributed by atoms with E-state index in [-0.39, 0.29) is 12.2 Å². The molecule has 0 fully saturated rings. The van der Waals surface area contributed by atoms with E-state index in [9.17, 15) is 0 Å². The molecule has 0 aliphatic carbocycles. The van der Waals surface area contributed by atoms with E-state index in [1.807, 2.05) is 36.9 Å². The number of fused-ring (bicyclic) bond motifs is 9. The molecular weight excluding hydrogens is 729 g/mol. The Morgan fingerprint density at radius 1 is 0.614 bits per heavy atom. The molecule has 0 N–H and O–H groups in total. The van der Waals surface area contributed by atoms with Gasteiger partial charge >= 0.3 is 0 Å². The molecule has 2 atom stereocenters. The fourth-order valence-corrected chi connectivity index (χ4v) is 8.14. The SMILES string of the molecule is CN(C)CCn1c2c(c3cncnc31)OC(CN(C)CCn1c3c(c4cccnc41)OC(CN(C)CCn1c4c(c5cnccc51)OCCCO4)CCO3)CCO2. The van der Waals surface area contributed by atoms with Crippen molar-refractivity contribution in [2.75, 3.05) is 87.3 Å². The molecule has 57 heavy (non-hydrogen) atoms. The van der Waals surface area contributed by atoms with Gasteiger partial charge in [0.15, 0.2) is 17.2 Å². The molecule has 16 nitrogen and oxygen atoms in total. The summed E-state index contributed by atoms with van der Waals surface area (Å²) in [6, 6.07) is 6.07. The van der Waals surface area contributed by atoms with E-state index in [2.05, 4.69) is 77.6 Å². The summed E-state index contributed by atoms with van der Waals surface area (Å²) in [6.45, 7) is 8.43. The van der Waals surface area contributed by atoms with Crippen LogP contribution in [-0.2, 0) is 19.6 Å². The van der Waals surface area contributed by atoms with Crippen molar-refractivity contribution in [1.82, 2.24) is 48.3 Å². The third-order valence-electron chi connectivity index (χ3n) is 11.0. The summed E-state index contributed by atoms with van der Waals surface area (Å²) in [6.07, 6.45) is 11.2. The Morgan fingerprint density at radius 2 is 1.23 bits per heavy atom. The molecule has 0 amide bonds. The summed E-state index contributed by atoms with van der Waals surface area (Å²) in [5, 5.41) is 2.82. The topological polar surface area (TPSA) is 131 Å². The van der Waals surface area contributed by atoms with Gasteiger partial charge in [-0.2, -0.15) is 0 Å². The van der Waals surface area contributed by atoms with Crippen LogP contribution in [0.2, 0.25) is 0 Å². The molecule has 302 valence electrons. The van der Waals surface area contributed by atoms with E-state index in [0.29, 0.717) is 33.0 Å². The molecule has 9 rings (SSSR count). The Bertz CT molecular complexity index is 2340. The number of hydrogen-bond acceptors (Lipinski definition) is 13. The van der Waals surface area contributed by atoms with Gasteiger partial charge in [0.2, 0.25) is 17.6 Å². The molecule has 2 unspecified atom stereocenters. The van der Waals surface area contributed by atoms with E-state index < -0.39 is 0 Å². The van der Waals surface area contributed by atoms with Crippen molar-refractivity contribution in [3.05, 3.63) is 49.3 Å². The van der Waals surface area contributed by atoms with Gasteiger partial charge in [-0.05, 0) is 46.4 Å². The third kappa shape index (κ3) is 7.48. The van der Waals surface area contributed by atoms with E-state index in [0.717, 1.165) is 133 Å². The summed E-state index contributed by atoms with van der Waals surface area (Å²) in [4.78, 5) is 24.8. The maximum atomic E-state index is 6.83. The summed E-state index contributed by atoms with van der Waals surface area (Å²) in [7, 11) is 8.40. The highest BCUT2D eigenvalue weighted by atomic mass is 16.6. The number of aromatic nitrogens is 7. The van der Waals surface area contributed by atoms with Crippen molar-refractivity contribution < 1.29 is 28.4 Å². The minimum Gasteiger partial charge on any atom is -0.487 e. The Hall–Kier alpha value is -5.32. The quantitative estimate of drug-likeness (QED) is 0.166. The first-order chi connectivity index (χ1) is 27.9. The van der Waals surface area contributed by atoms with Crippen LogP contribution in [-0.4, -0.2) is 148 Å². The lowest BCUT2D eigenvalue weighted by atomic mass is 10.2. The van der Waals surface area contributed by atoms with Gasteiger partial charge in [0.1, 0.15) is 29.8 Å². The minimum atomic E-state index is -0.0673. The van der Waals surface area contributed by atoms with Gasteiger partial charge in [-0.3, -0.25) is 14.1 Å². The second-order valence-electron chi connectivity index (χ2n) is 15.5. The highest BCUT2D eigenvalue weighted by Gasteiger charge is 2.31. The summed E-state index contributed by atoms with van der Waals surface area (Å²) < 4.78 is 45.1. The van der Waals surface area contributed by atoms with E-state index in [1.54, 1.807) is 6.33 Å². The molecule has 0 saturated heterocycles. The summed E-state index contributed by atoms with van der Waals surface area (Å²) in [5.74, 6) is 4.55. The van der Waals surface area contributed by atoms with Gasteiger partial charge < -0.3 is 47.7 Å². The second-order valence-corrected chi connectivity index (χ2v) is 15.5. The molecule has 6 aromatic rings. The van der Waals surface area contributed by atoms with Crippen molar-refractivity contribution in [2.45, 2.75) is 51.1 Å². The average Bonchev–Trinajstić information content (AvgIpc) is 3.48. The normalized spacial score (nSPS) is 18.2. The molecule has 0 saturated carbocycles. The number of likely N-dealkylation sites (N-methyl/N-ethyl adjacent to an activating group) is 3. The van der Waals surface area contributed by atoms with Gasteiger partial charge in [0.25, 0.3) is 0 Å². The van der Waals surface area contributed by atoms with Crippen molar-refractivity contribution >= 4 is 33.0 Å². The van der Waals surface area contributed by atoms with Crippen LogP contribution in [0.3, 0.4) is 0 Å². The van der Waals surface area contributed by atoms with Gasteiger partial charge in [0.05, 0.1) is 48.1 Å². The zero-order valence-corrected chi connectivity index (χ0v) is 33.3. The van der Waals surface area contributed by atoms with E-state index in [4.69, 9.17) is 33.4 Å². The third-order valence-corrected chi connectivity index (χ3v) is 11.0. The molecule has 3 aliphatic heterocycles. The predicted molar refractivity (Wildman–Crippen MR) is 215 cm³/mol. The predicted octanol–water partition coefficient (Wildman–Crippen LogP) is 4.18. The Kier molecular flexibility index (Phi) is 10.6.